The largest absolute Gasteiger partial charge is 0.481 e. The molecule has 7 nitrogen and oxygen atoms in total. The summed E-state index contributed by atoms with van der Waals surface area (Å²) < 4.78 is 37.0. The lowest BCUT2D eigenvalue weighted by Gasteiger charge is -2.33. The number of anilines is 1. The summed E-state index contributed by atoms with van der Waals surface area (Å²) in [5.41, 5.74) is 1.79. The number of methoxy groups -OCH3 is 1. The number of rotatable bonds is 7. The first-order valence-electron chi connectivity index (χ1n) is 9.83. The van der Waals surface area contributed by atoms with Crippen molar-refractivity contribution in [2.75, 3.05) is 44.7 Å². The van der Waals surface area contributed by atoms with Crippen molar-refractivity contribution in [3.05, 3.63) is 65.1 Å². The average Bonchev–Trinajstić information content (AvgIpc) is 3.24. The Hall–Kier alpha value is -3.07. The number of aromatic nitrogens is 3. The molecule has 0 saturated carbocycles. The van der Waals surface area contributed by atoms with Gasteiger partial charge in [0.2, 0.25) is 5.88 Å². The van der Waals surface area contributed by atoms with Crippen LogP contribution in [0.1, 0.15) is 17.0 Å². The van der Waals surface area contributed by atoms with Crippen LogP contribution in [0.5, 0.6) is 5.88 Å². The van der Waals surface area contributed by atoms with Gasteiger partial charge >= 0.3 is 6.01 Å². The quantitative estimate of drug-likeness (QED) is 0.588. The number of piperazine rings is 1. The zero-order valence-electron chi connectivity index (χ0n) is 16.7. The second-order valence-corrected chi connectivity index (χ2v) is 7.20. The Bertz CT molecular complexity index is 989. The minimum atomic E-state index is -0.877. The van der Waals surface area contributed by atoms with Crippen LogP contribution in [-0.2, 0) is 12.8 Å². The minimum Gasteiger partial charge on any atom is -0.481 e. The molecule has 1 fully saturated rings. The maximum Gasteiger partial charge on any atom is 0.324 e. The highest BCUT2D eigenvalue weighted by Gasteiger charge is 2.21. The molecule has 3 aromatic rings. The SMILES string of the molecule is COc1cc(CCN2CCN(c3nc(Cc4ccc(F)c(F)c4)no3)CC2)ccn1. The molecular weight excluding hydrogens is 392 g/mol. The Morgan fingerprint density at radius 3 is 2.63 bits per heavy atom. The van der Waals surface area contributed by atoms with Crippen molar-refractivity contribution >= 4 is 6.01 Å². The van der Waals surface area contributed by atoms with Crippen molar-refractivity contribution in [3.63, 3.8) is 0 Å². The van der Waals surface area contributed by atoms with E-state index in [1.54, 1.807) is 13.3 Å². The molecule has 0 N–H and O–H groups in total. The molecule has 1 aliphatic heterocycles. The zero-order valence-corrected chi connectivity index (χ0v) is 16.7. The number of hydrogen-bond acceptors (Lipinski definition) is 7. The van der Waals surface area contributed by atoms with Gasteiger partial charge in [0.15, 0.2) is 17.5 Å². The van der Waals surface area contributed by atoms with Gasteiger partial charge in [0.1, 0.15) is 0 Å². The first-order chi connectivity index (χ1) is 14.6. The topological polar surface area (TPSA) is 67.5 Å². The number of nitrogens with zero attached hydrogens (tertiary/aromatic N) is 5. The summed E-state index contributed by atoms with van der Waals surface area (Å²) >= 11 is 0. The summed E-state index contributed by atoms with van der Waals surface area (Å²) in [4.78, 5) is 13.0. The van der Waals surface area contributed by atoms with Gasteiger partial charge in [0.05, 0.1) is 7.11 Å². The van der Waals surface area contributed by atoms with Crippen LogP contribution in [0.15, 0.2) is 41.1 Å². The Morgan fingerprint density at radius 1 is 1.03 bits per heavy atom. The number of benzene rings is 1. The summed E-state index contributed by atoms with van der Waals surface area (Å²) in [6.45, 7) is 4.30. The molecule has 158 valence electrons. The summed E-state index contributed by atoms with van der Waals surface area (Å²) in [5, 5.41) is 3.97. The normalized spacial score (nSPS) is 14.8. The van der Waals surface area contributed by atoms with E-state index in [1.165, 1.54) is 11.6 Å². The highest BCUT2D eigenvalue weighted by Crippen LogP contribution is 2.17. The molecule has 4 rings (SSSR count). The maximum absolute atomic E-state index is 13.4. The van der Waals surface area contributed by atoms with Gasteiger partial charge in [-0.1, -0.05) is 11.2 Å². The lowest BCUT2D eigenvalue weighted by Crippen LogP contribution is -2.47. The van der Waals surface area contributed by atoms with Crippen LogP contribution in [0.4, 0.5) is 14.8 Å². The Balaban J connectivity index is 1.27. The van der Waals surface area contributed by atoms with Crippen LogP contribution in [0.2, 0.25) is 0 Å². The van der Waals surface area contributed by atoms with Crippen LogP contribution in [-0.4, -0.2) is 59.9 Å². The first kappa shape index (κ1) is 20.2. The van der Waals surface area contributed by atoms with Gasteiger partial charge in [-0.3, -0.25) is 4.90 Å². The van der Waals surface area contributed by atoms with Gasteiger partial charge in [-0.15, -0.1) is 0 Å². The molecule has 0 unspecified atom stereocenters. The molecule has 0 radical (unpaired) electrons. The molecule has 1 aliphatic rings. The lowest BCUT2D eigenvalue weighted by atomic mass is 10.1. The van der Waals surface area contributed by atoms with Gasteiger partial charge in [0, 0.05) is 51.4 Å². The minimum absolute atomic E-state index is 0.288. The molecule has 1 saturated heterocycles. The Labute approximate surface area is 173 Å². The fraction of sp³-hybridized carbons (Fsp3) is 0.381. The van der Waals surface area contributed by atoms with E-state index in [-0.39, 0.29) is 6.42 Å². The lowest BCUT2D eigenvalue weighted by molar-refractivity contribution is 0.253. The third-order valence-electron chi connectivity index (χ3n) is 5.17. The van der Waals surface area contributed by atoms with Crippen molar-refractivity contribution in [3.8, 4) is 5.88 Å². The van der Waals surface area contributed by atoms with E-state index in [2.05, 4.69) is 20.0 Å². The fourth-order valence-electron chi connectivity index (χ4n) is 3.44. The fourth-order valence-corrected chi connectivity index (χ4v) is 3.44. The molecule has 0 bridgehead atoms. The molecule has 30 heavy (non-hydrogen) atoms. The van der Waals surface area contributed by atoms with E-state index in [1.807, 2.05) is 17.0 Å². The molecule has 2 aromatic heterocycles. The standard InChI is InChI=1S/C21H23F2N5O2/c1-29-20-14-15(4-6-24-20)5-7-27-8-10-28(11-9-27)21-25-19(26-30-21)13-16-2-3-17(22)18(23)12-16/h2-4,6,12,14H,5,7-11,13H2,1H3. The van der Waals surface area contributed by atoms with Crippen LogP contribution < -0.4 is 9.64 Å². The van der Waals surface area contributed by atoms with Crippen LogP contribution in [0, 0.1) is 11.6 Å². The molecule has 0 atom stereocenters. The van der Waals surface area contributed by atoms with E-state index in [4.69, 9.17) is 9.26 Å². The van der Waals surface area contributed by atoms with E-state index >= 15 is 0 Å². The Morgan fingerprint density at radius 2 is 1.87 bits per heavy atom. The van der Waals surface area contributed by atoms with Crippen molar-refractivity contribution in [2.24, 2.45) is 0 Å². The summed E-state index contributed by atoms with van der Waals surface area (Å²) in [6.07, 6.45) is 2.98. The predicted octanol–water partition coefficient (Wildman–Crippen LogP) is 2.71. The van der Waals surface area contributed by atoms with Gasteiger partial charge in [-0.2, -0.15) is 4.98 Å². The maximum atomic E-state index is 13.4. The smallest absolute Gasteiger partial charge is 0.324 e. The summed E-state index contributed by atoms with van der Waals surface area (Å²) in [7, 11) is 1.62. The van der Waals surface area contributed by atoms with Crippen LogP contribution in [0.25, 0.3) is 0 Å². The summed E-state index contributed by atoms with van der Waals surface area (Å²) in [5.74, 6) is -0.663. The number of hydrogen-bond donors (Lipinski definition) is 0. The molecular formula is C21H23F2N5O2. The highest BCUT2D eigenvalue weighted by atomic mass is 19.2. The van der Waals surface area contributed by atoms with Crippen LogP contribution >= 0.6 is 0 Å². The van der Waals surface area contributed by atoms with Gasteiger partial charge in [0.25, 0.3) is 0 Å². The second kappa shape index (κ2) is 9.17. The van der Waals surface area contributed by atoms with Crippen molar-refractivity contribution in [2.45, 2.75) is 12.8 Å². The molecule has 1 aromatic carbocycles. The monoisotopic (exact) mass is 415 g/mol. The van der Waals surface area contributed by atoms with Crippen molar-refractivity contribution < 1.29 is 18.0 Å². The van der Waals surface area contributed by atoms with Gasteiger partial charge < -0.3 is 14.2 Å². The van der Waals surface area contributed by atoms with E-state index < -0.39 is 11.6 Å². The predicted molar refractivity (Wildman–Crippen MR) is 107 cm³/mol. The van der Waals surface area contributed by atoms with E-state index in [0.717, 1.165) is 51.3 Å². The number of pyridine rings is 1. The van der Waals surface area contributed by atoms with Gasteiger partial charge in [-0.25, -0.2) is 13.8 Å². The molecule has 0 aliphatic carbocycles. The molecule has 0 spiro atoms. The number of halogens is 2. The van der Waals surface area contributed by atoms with Crippen molar-refractivity contribution in [1.82, 2.24) is 20.0 Å². The third kappa shape index (κ3) is 4.91. The van der Waals surface area contributed by atoms with Gasteiger partial charge in [-0.05, 0) is 35.7 Å². The van der Waals surface area contributed by atoms with Crippen molar-refractivity contribution in [1.29, 1.82) is 0 Å². The zero-order chi connectivity index (χ0) is 20.9. The molecule has 0 amide bonds. The second-order valence-electron chi connectivity index (χ2n) is 7.20. The van der Waals surface area contributed by atoms with E-state index in [0.29, 0.717) is 23.3 Å². The number of ether oxygens (including phenoxy) is 1. The third-order valence-corrected chi connectivity index (χ3v) is 5.17. The molecule has 9 heteroatoms. The average molecular weight is 415 g/mol. The van der Waals surface area contributed by atoms with Crippen LogP contribution in [0.3, 0.4) is 0 Å². The summed E-state index contributed by atoms with van der Waals surface area (Å²) in [6, 6.07) is 8.21. The molecule has 3 heterocycles. The first-order valence-corrected chi connectivity index (χ1v) is 9.83. The Kier molecular flexibility index (Phi) is 6.18. The highest BCUT2D eigenvalue weighted by molar-refractivity contribution is 5.28. The van der Waals surface area contributed by atoms with E-state index in [9.17, 15) is 8.78 Å².